The van der Waals surface area contributed by atoms with Gasteiger partial charge in [0.1, 0.15) is 30.5 Å². The number of carbonyl (C=O) groups is 1. The fourth-order valence-electron chi connectivity index (χ4n) is 4.98. The Kier molecular flexibility index (Phi) is 6.21. The van der Waals surface area contributed by atoms with Crippen LogP contribution in [0, 0.1) is 12.7 Å². The van der Waals surface area contributed by atoms with Crippen LogP contribution in [-0.4, -0.2) is 45.2 Å². The number of aromatic nitrogens is 2. The summed E-state index contributed by atoms with van der Waals surface area (Å²) in [5.74, 6) is 1.48. The van der Waals surface area contributed by atoms with Crippen molar-refractivity contribution in [2.45, 2.75) is 26.6 Å². The molecule has 4 heterocycles. The summed E-state index contributed by atoms with van der Waals surface area (Å²) in [6.45, 7) is 4.13. The van der Waals surface area contributed by atoms with Gasteiger partial charge in [0, 0.05) is 37.6 Å². The van der Waals surface area contributed by atoms with Crippen molar-refractivity contribution >= 4 is 17.4 Å². The van der Waals surface area contributed by atoms with Crippen molar-refractivity contribution in [2.75, 3.05) is 25.1 Å². The molecule has 38 heavy (non-hydrogen) atoms. The number of para-hydroxylation sites is 1. The Hall–Kier alpha value is -4.37. The van der Waals surface area contributed by atoms with E-state index >= 15 is 0 Å². The maximum absolute atomic E-state index is 13.8. The molecule has 2 aromatic carbocycles. The Morgan fingerprint density at radius 1 is 1.08 bits per heavy atom. The molecule has 0 saturated heterocycles. The number of carbonyl (C=O) groups excluding carboxylic acids is 1. The quantitative estimate of drug-likeness (QED) is 0.389. The van der Waals surface area contributed by atoms with Crippen LogP contribution in [0.5, 0.6) is 11.5 Å². The average Bonchev–Trinajstić information content (AvgIpc) is 3.37. The van der Waals surface area contributed by atoms with Gasteiger partial charge in [0.25, 0.3) is 5.91 Å². The molecule has 8 nitrogen and oxygen atoms in total. The molecule has 2 aromatic heterocycles. The van der Waals surface area contributed by atoms with Crippen molar-refractivity contribution in [3.05, 3.63) is 89.1 Å². The van der Waals surface area contributed by atoms with Crippen LogP contribution >= 0.6 is 0 Å². The predicted octanol–water partition coefficient (Wildman–Crippen LogP) is 4.66. The molecule has 6 rings (SSSR count). The minimum Gasteiger partial charge on any atom is -0.486 e. The lowest BCUT2D eigenvalue weighted by Crippen LogP contribution is -2.39. The van der Waals surface area contributed by atoms with Crippen molar-refractivity contribution in [2.24, 2.45) is 0 Å². The van der Waals surface area contributed by atoms with E-state index in [-0.39, 0.29) is 24.9 Å². The number of hydrogen-bond acceptors (Lipinski definition) is 6. The average molecular weight is 515 g/mol. The Bertz CT molecular complexity index is 1530. The van der Waals surface area contributed by atoms with E-state index in [1.807, 2.05) is 48.0 Å². The fraction of sp³-hybridized carbons (Fsp3) is 0.241. The number of ether oxygens (including phenoxy) is 2. The molecule has 194 valence electrons. The maximum Gasteiger partial charge on any atom is 0.270 e. The topological polar surface area (TPSA) is 88.9 Å². The molecular formula is C29H27FN4O4. The monoisotopic (exact) mass is 514 g/mol. The van der Waals surface area contributed by atoms with E-state index in [4.69, 9.17) is 9.47 Å². The smallest absolute Gasteiger partial charge is 0.270 e. The number of nitrogens with one attached hydrogen (secondary N) is 1. The Morgan fingerprint density at radius 3 is 2.82 bits per heavy atom. The summed E-state index contributed by atoms with van der Waals surface area (Å²) >= 11 is 0. The summed E-state index contributed by atoms with van der Waals surface area (Å²) in [7, 11) is 0. The van der Waals surface area contributed by atoms with Gasteiger partial charge < -0.3 is 29.4 Å². The number of pyridine rings is 1. The molecule has 0 spiro atoms. The largest absolute Gasteiger partial charge is 0.486 e. The SMILES string of the molecule is Cc1cnc(Nc2cccc3c2OCCO3)cc1-c1cc2n(c1)CCN(Cc1cc(F)ccc1CO)C2=O. The van der Waals surface area contributed by atoms with Gasteiger partial charge in [0.05, 0.1) is 12.3 Å². The number of anilines is 2. The van der Waals surface area contributed by atoms with E-state index < -0.39 is 0 Å². The minimum absolute atomic E-state index is 0.131. The molecule has 1 amide bonds. The molecule has 0 fully saturated rings. The number of hydrogen-bond donors (Lipinski definition) is 2. The molecule has 9 heteroatoms. The van der Waals surface area contributed by atoms with Gasteiger partial charge in [-0.3, -0.25) is 4.79 Å². The third kappa shape index (κ3) is 4.45. The van der Waals surface area contributed by atoms with Crippen LogP contribution in [0.2, 0.25) is 0 Å². The molecule has 2 N–H and O–H groups in total. The normalized spacial score (nSPS) is 14.4. The van der Waals surface area contributed by atoms with E-state index in [2.05, 4.69) is 10.3 Å². The molecule has 0 bridgehead atoms. The summed E-state index contributed by atoms with van der Waals surface area (Å²) < 4.78 is 27.3. The lowest BCUT2D eigenvalue weighted by molar-refractivity contribution is 0.0689. The second-order valence-electron chi connectivity index (χ2n) is 9.44. The Balaban J connectivity index is 1.26. The number of fused-ring (bicyclic) bond motifs is 2. The van der Waals surface area contributed by atoms with Crippen molar-refractivity contribution in [1.29, 1.82) is 0 Å². The van der Waals surface area contributed by atoms with Gasteiger partial charge in [0.2, 0.25) is 0 Å². The van der Waals surface area contributed by atoms with E-state index in [9.17, 15) is 14.3 Å². The van der Waals surface area contributed by atoms with Gasteiger partial charge in [-0.1, -0.05) is 12.1 Å². The van der Waals surface area contributed by atoms with Crippen molar-refractivity contribution in [3.63, 3.8) is 0 Å². The lowest BCUT2D eigenvalue weighted by atomic mass is 10.0. The molecule has 0 radical (unpaired) electrons. The summed E-state index contributed by atoms with van der Waals surface area (Å²) in [4.78, 5) is 19.6. The molecule has 0 atom stereocenters. The van der Waals surface area contributed by atoms with Crippen LogP contribution in [0.15, 0.2) is 60.9 Å². The Morgan fingerprint density at radius 2 is 1.95 bits per heavy atom. The minimum atomic E-state index is -0.389. The fourth-order valence-corrected chi connectivity index (χ4v) is 4.98. The first kappa shape index (κ1) is 24.0. The number of aryl methyl sites for hydroxylation is 1. The van der Waals surface area contributed by atoms with E-state index in [1.54, 1.807) is 17.2 Å². The number of nitrogens with zero attached hydrogens (tertiary/aromatic N) is 3. The highest BCUT2D eigenvalue weighted by molar-refractivity contribution is 5.95. The van der Waals surface area contributed by atoms with Crippen molar-refractivity contribution in [3.8, 4) is 22.6 Å². The van der Waals surface area contributed by atoms with E-state index in [0.717, 1.165) is 22.4 Å². The standard InChI is InChI=1S/C29H27FN4O4/c1-18-14-31-27(32-24-3-2-4-26-28(24)38-10-9-37-26)13-23(18)21-12-25-29(36)34(8-7-33(25)16-21)15-20-11-22(30)6-5-19(20)17-35/h2-6,11-14,16,35H,7-10,15,17H2,1H3,(H,31,32). The first-order valence-corrected chi connectivity index (χ1v) is 12.5. The van der Waals surface area contributed by atoms with E-state index in [1.165, 1.54) is 12.1 Å². The van der Waals surface area contributed by atoms with E-state index in [0.29, 0.717) is 60.4 Å². The first-order chi connectivity index (χ1) is 18.5. The van der Waals surface area contributed by atoms with Crippen LogP contribution in [0.4, 0.5) is 15.9 Å². The maximum atomic E-state index is 13.8. The van der Waals surface area contributed by atoms with Gasteiger partial charge in [-0.25, -0.2) is 9.37 Å². The predicted molar refractivity (Wildman–Crippen MR) is 140 cm³/mol. The van der Waals surface area contributed by atoms with Gasteiger partial charge in [-0.15, -0.1) is 0 Å². The molecule has 0 saturated carbocycles. The summed E-state index contributed by atoms with van der Waals surface area (Å²) in [5.41, 5.74) is 5.41. The van der Waals surface area contributed by atoms with Crippen LogP contribution < -0.4 is 14.8 Å². The lowest BCUT2D eigenvalue weighted by Gasteiger charge is -2.29. The third-order valence-electron chi connectivity index (χ3n) is 6.96. The first-order valence-electron chi connectivity index (χ1n) is 12.5. The number of rotatable bonds is 6. The highest BCUT2D eigenvalue weighted by Gasteiger charge is 2.27. The number of amides is 1. The molecule has 4 aromatic rings. The highest BCUT2D eigenvalue weighted by atomic mass is 19.1. The third-order valence-corrected chi connectivity index (χ3v) is 6.96. The molecular weight excluding hydrogens is 487 g/mol. The number of halogens is 1. The van der Waals surface area contributed by atoms with Gasteiger partial charge in [-0.05, 0) is 65.6 Å². The van der Waals surface area contributed by atoms with Gasteiger partial charge >= 0.3 is 0 Å². The molecule has 2 aliphatic heterocycles. The second-order valence-corrected chi connectivity index (χ2v) is 9.44. The highest BCUT2D eigenvalue weighted by Crippen LogP contribution is 2.39. The van der Waals surface area contributed by atoms with Crippen molar-refractivity contribution < 1.29 is 23.8 Å². The number of benzene rings is 2. The summed E-state index contributed by atoms with van der Waals surface area (Å²) in [5, 5.41) is 13.0. The van der Waals surface area contributed by atoms with Crippen LogP contribution in [0.1, 0.15) is 27.2 Å². The van der Waals surface area contributed by atoms with Crippen molar-refractivity contribution in [1.82, 2.24) is 14.5 Å². The van der Waals surface area contributed by atoms with Crippen LogP contribution in [-0.2, 0) is 19.7 Å². The summed E-state index contributed by atoms with van der Waals surface area (Å²) in [6, 6.07) is 13.8. The molecule has 2 aliphatic rings. The number of aliphatic hydroxyl groups excluding tert-OH is 1. The van der Waals surface area contributed by atoms with Gasteiger partial charge in [0.15, 0.2) is 11.5 Å². The zero-order valence-corrected chi connectivity index (χ0v) is 20.9. The number of aliphatic hydroxyl groups is 1. The molecule has 0 unspecified atom stereocenters. The zero-order chi connectivity index (χ0) is 26.2. The zero-order valence-electron chi connectivity index (χ0n) is 20.9. The Labute approximate surface area is 219 Å². The second kappa shape index (κ2) is 9.83. The van der Waals surface area contributed by atoms with Gasteiger partial charge in [-0.2, -0.15) is 0 Å². The van der Waals surface area contributed by atoms with Crippen LogP contribution in [0.25, 0.3) is 11.1 Å². The summed E-state index contributed by atoms with van der Waals surface area (Å²) in [6.07, 6.45) is 3.79. The molecule has 0 aliphatic carbocycles. The van der Waals surface area contributed by atoms with Crippen LogP contribution in [0.3, 0.4) is 0 Å².